The average molecular weight is 391 g/mol. The number of nitrogens with zero attached hydrogens (tertiary/aromatic N) is 2. The van der Waals surface area contributed by atoms with Crippen molar-refractivity contribution in [3.8, 4) is 0 Å². The summed E-state index contributed by atoms with van der Waals surface area (Å²) in [7, 11) is 0. The predicted octanol–water partition coefficient (Wildman–Crippen LogP) is 4.16. The molecule has 8 heteroatoms. The molecular formula is C15H9BrF4N2O. The fraction of sp³-hybridized carbons (Fsp3) is 0.200. The van der Waals surface area contributed by atoms with Crippen molar-refractivity contribution >= 4 is 21.8 Å². The van der Waals surface area contributed by atoms with E-state index in [1.807, 2.05) is 0 Å². The van der Waals surface area contributed by atoms with Crippen molar-refractivity contribution in [2.75, 3.05) is 0 Å². The van der Waals surface area contributed by atoms with Gasteiger partial charge in [0.05, 0.1) is 26.1 Å². The molecule has 2 heterocycles. The molecule has 0 bridgehead atoms. The number of fused-ring (bicyclic) bond motifs is 1. The molecule has 0 aliphatic carbocycles. The van der Waals surface area contributed by atoms with Crippen LogP contribution in [0.3, 0.4) is 0 Å². The average Bonchev–Trinajstić information content (AvgIpc) is 2.69. The van der Waals surface area contributed by atoms with E-state index < -0.39 is 42.1 Å². The molecule has 1 aromatic heterocycles. The number of benzene rings is 1. The van der Waals surface area contributed by atoms with Gasteiger partial charge < -0.3 is 4.90 Å². The van der Waals surface area contributed by atoms with E-state index in [2.05, 4.69) is 20.9 Å². The van der Waals surface area contributed by atoms with E-state index in [1.165, 1.54) is 18.3 Å². The lowest BCUT2D eigenvalue weighted by Gasteiger charge is -2.20. The fourth-order valence-electron chi connectivity index (χ4n) is 2.28. The molecule has 0 saturated heterocycles. The number of carbonyl (C=O) groups is 1. The van der Waals surface area contributed by atoms with Crippen molar-refractivity contribution in [1.82, 2.24) is 9.88 Å². The Hall–Kier alpha value is -1.96. The minimum absolute atomic E-state index is 0.0569. The second kappa shape index (κ2) is 5.59. The van der Waals surface area contributed by atoms with Crippen molar-refractivity contribution in [3.05, 3.63) is 63.1 Å². The zero-order chi connectivity index (χ0) is 18.6. The van der Waals surface area contributed by atoms with E-state index >= 15 is 0 Å². The van der Waals surface area contributed by atoms with Gasteiger partial charge in [-0.3, -0.25) is 9.78 Å². The van der Waals surface area contributed by atoms with E-state index in [-0.39, 0.29) is 15.7 Å². The molecule has 2 aromatic rings. The molecule has 0 saturated carbocycles. The van der Waals surface area contributed by atoms with Crippen LogP contribution in [0.25, 0.3) is 0 Å². The minimum atomic E-state index is -4.86. The lowest BCUT2D eigenvalue weighted by atomic mass is 10.1. The molecular weight excluding hydrogens is 380 g/mol. The standard InChI is InChI=1S/C15H9BrF4N2O/c16-8-4-11(15(18,19)20)10(12(17)5-8)6-22-7-13-9(14(22)23)2-1-3-21-13/h1-5H,6-7H2/i7D2. The Labute approximate surface area is 139 Å². The van der Waals surface area contributed by atoms with Crippen LogP contribution in [-0.2, 0) is 19.2 Å². The number of hydrogen-bond acceptors (Lipinski definition) is 2. The normalized spacial score (nSPS) is 17.8. The van der Waals surface area contributed by atoms with E-state index in [0.717, 1.165) is 6.07 Å². The summed E-state index contributed by atoms with van der Waals surface area (Å²) in [6, 6.07) is 4.27. The van der Waals surface area contributed by atoms with Crippen LogP contribution in [0.15, 0.2) is 34.9 Å². The molecule has 3 rings (SSSR count). The first kappa shape index (κ1) is 13.5. The molecule has 0 fully saturated rings. The smallest absolute Gasteiger partial charge is 0.328 e. The molecule has 1 aromatic carbocycles. The highest BCUT2D eigenvalue weighted by Gasteiger charge is 2.37. The minimum Gasteiger partial charge on any atom is -0.328 e. The molecule has 1 aliphatic rings. The maximum atomic E-state index is 14.2. The predicted molar refractivity (Wildman–Crippen MR) is 76.9 cm³/mol. The highest BCUT2D eigenvalue weighted by Crippen LogP contribution is 2.36. The number of hydrogen-bond donors (Lipinski definition) is 0. The fourth-order valence-corrected chi connectivity index (χ4v) is 2.71. The lowest BCUT2D eigenvalue weighted by molar-refractivity contribution is -0.138. The first-order valence-electron chi connectivity index (χ1n) is 7.36. The van der Waals surface area contributed by atoms with Crippen molar-refractivity contribution in [2.45, 2.75) is 19.2 Å². The van der Waals surface area contributed by atoms with Gasteiger partial charge in [-0.05, 0) is 24.3 Å². The molecule has 120 valence electrons. The number of amides is 1. The Morgan fingerprint density at radius 1 is 1.39 bits per heavy atom. The van der Waals surface area contributed by atoms with E-state index in [9.17, 15) is 22.4 Å². The van der Waals surface area contributed by atoms with Crippen LogP contribution in [-0.4, -0.2) is 15.8 Å². The van der Waals surface area contributed by atoms with E-state index in [4.69, 9.17) is 2.74 Å². The number of aromatic nitrogens is 1. The largest absolute Gasteiger partial charge is 0.416 e. The van der Waals surface area contributed by atoms with Crippen LogP contribution < -0.4 is 0 Å². The summed E-state index contributed by atoms with van der Waals surface area (Å²) >= 11 is 2.81. The molecule has 0 spiro atoms. The maximum Gasteiger partial charge on any atom is 0.416 e. The van der Waals surface area contributed by atoms with E-state index in [0.29, 0.717) is 11.0 Å². The van der Waals surface area contributed by atoms with E-state index in [1.54, 1.807) is 0 Å². The van der Waals surface area contributed by atoms with Crippen molar-refractivity contribution < 1.29 is 25.1 Å². The summed E-state index contributed by atoms with van der Waals surface area (Å²) in [6.45, 7) is -3.33. The zero-order valence-corrected chi connectivity index (χ0v) is 12.9. The van der Waals surface area contributed by atoms with Gasteiger partial charge in [0, 0.05) is 22.8 Å². The first-order chi connectivity index (χ1) is 11.5. The van der Waals surface area contributed by atoms with Crippen LogP contribution in [0, 0.1) is 5.82 Å². The van der Waals surface area contributed by atoms with Gasteiger partial charge in [0.25, 0.3) is 5.91 Å². The summed E-state index contributed by atoms with van der Waals surface area (Å²) in [6.07, 6.45) is -3.59. The van der Waals surface area contributed by atoms with Crippen LogP contribution in [0.2, 0.25) is 0 Å². The third-order valence-corrected chi connectivity index (χ3v) is 3.76. The Kier molecular flexibility index (Phi) is 3.28. The maximum absolute atomic E-state index is 14.2. The quantitative estimate of drug-likeness (QED) is 0.721. The highest BCUT2D eigenvalue weighted by molar-refractivity contribution is 9.10. The number of alkyl halides is 3. The second-order valence-electron chi connectivity index (χ2n) is 4.81. The lowest BCUT2D eigenvalue weighted by Crippen LogP contribution is -2.26. The number of halogens is 5. The molecule has 23 heavy (non-hydrogen) atoms. The molecule has 1 amide bonds. The molecule has 0 radical (unpaired) electrons. The Morgan fingerprint density at radius 2 is 2.13 bits per heavy atom. The Balaban J connectivity index is 2.09. The molecule has 0 atom stereocenters. The second-order valence-corrected chi connectivity index (χ2v) is 5.73. The molecule has 3 nitrogen and oxygen atoms in total. The number of pyridine rings is 1. The van der Waals surface area contributed by atoms with Gasteiger partial charge in [-0.25, -0.2) is 4.39 Å². The van der Waals surface area contributed by atoms with Crippen molar-refractivity contribution in [1.29, 1.82) is 0 Å². The summed E-state index contributed by atoms with van der Waals surface area (Å²) < 4.78 is 69.9. The van der Waals surface area contributed by atoms with Crippen molar-refractivity contribution in [3.63, 3.8) is 0 Å². The van der Waals surface area contributed by atoms with Crippen LogP contribution >= 0.6 is 15.9 Å². The van der Waals surface area contributed by atoms with Gasteiger partial charge in [0.15, 0.2) is 0 Å². The monoisotopic (exact) mass is 390 g/mol. The Bertz CT molecular complexity index is 873. The highest BCUT2D eigenvalue weighted by atomic mass is 79.9. The zero-order valence-electron chi connectivity index (χ0n) is 13.3. The molecule has 0 unspecified atom stereocenters. The molecule has 0 N–H and O–H groups in total. The van der Waals surface area contributed by atoms with Gasteiger partial charge in [0.1, 0.15) is 5.82 Å². The van der Waals surface area contributed by atoms with Gasteiger partial charge in [-0.15, -0.1) is 0 Å². The summed E-state index contributed by atoms with van der Waals surface area (Å²) in [4.78, 5) is 16.7. The third-order valence-electron chi connectivity index (χ3n) is 3.31. The van der Waals surface area contributed by atoms with Crippen LogP contribution in [0.1, 0.15) is 29.9 Å². The van der Waals surface area contributed by atoms with Gasteiger partial charge in [-0.1, -0.05) is 15.9 Å². The van der Waals surface area contributed by atoms with Gasteiger partial charge >= 0.3 is 6.18 Å². The summed E-state index contributed by atoms with van der Waals surface area (Å²) in [5, 5.41) is 0. The number of rotatable bonds is 2. The third kappa shape index (κ3) is 2.95. The first-order valence-corrected chi connectivity index (χ1v) is 7.15. The summed E-state index contributed by atoms with van der Waals surface area (Å²) in [5.74, 6) is -2.03. The SMILES string of the molecule is [2H]C1([2H])c2ncccc2C(=O)N1Cc1c(F)cc(Br)cc1C(F)(F)F. The van der Waals surface area contributed by atoms with Gasteiger partial charge in [0.2, 0.25) is 0 Å². The van der Waals surface area contributed by atoms with Crippen LogP contribution in [0.4, 0.5) is 17.6 Å². The van der Waals surface area contributed by atoms with Crippen molar-refractivity contribution in [2.24, 2.45) is 0 Å². The summed E-state index contributed by atoms with van der Waals surface area (Å²) in [5.41, 5.74) is -2.34. The molecule has 1 aliphatic heterocycles. The van der Waals surface area contributed by atoms with Gasteiger partial charge in [-0.2, -0.15) is 13.2 Å². The Morgan fingerprint density at radius 3 is 2.78 bits per heavy atom. The van der Waals surface area contributed by atoms with Crippen LogP contribution in [0.5, 0.6) is 0 Å². The topological polar surface area (TPSA) is 33.2 Å². The number of carbonyl (C=O) groups excluding carboxylic acids is 1.